The number of ketones is 1. The van der Waals surface area contributed by atoms with Gasteiger partial charge in [0.1, 0.15) is 30.3 Å². The fraction of sp³-hybridized carbons (Fsp3) is 0.300. The average Bonchev–Trinajstić information content (AvgIpc) is 2.67. The van der Waals surface area contributed by atoms with Gasteiger partial charge in [0.05, 0.1) is 17.9 Å². The quantitative estimate of drug-likeness (QED) is 0.382. The van der Waals surface area contributed by atoms with Gasteiger partial charge in [-0.15, -0.1) is 0 Å². The van der Waals surface area contributed by atoms with Crippen molar-refractivity contribution in [3.8, 4) is 5.75 Å². The number of Topliss-reactive ketones (excluding diaryl/α,β-unsaturated/α-hetero) is 1. The van der Waals surface area contributed by atoms with Crippen molar-refractivity contribution in [2.75, 3.05) is 18.6 Å². The maximum absolute atomic E-state index is 13.0. The molecule has 0 atom stereocenters. The second-order valence-electron chi connectivity index (χ2n) is 6.42. The van der Waals surface area contributed by atoms with Crippen LogP contribution in [0, 0.1) is 5.82 Å². The Morgan fingerprint density at radius 1 is 1.07 bits per heavy atom. The van der Waals surface area contributed by atoms with Gasteiger partial charge in [0.15, 0.2) is 15.6 Å². The molecule has 2 aromatic rings. The number of methoxy groups -OCH3 is 1. The maximum Gasteiger partial charge on any atom is 0.313 e. The molecule has 0 aromatic heterocycles. The van der Waals surface area contributed by atoms with E-state index in [0.717, 1.165) is 12.7 Å². The third kappa shape index (κ3) is 7.59. The van der Waals surface area contributed by atoms with Gasteiger partial charge in [-0.25, -0.2) is 12.8 Å². The predicted octanol–water partition coefficient (Wildman–Crippen LogP) is 3.80. The third-order valence-corrected chi connectivity index (χ3v) is 6.28. The number of benzene rings is 2. The smallest absolute Gasteiger partial charge is 0.313 e. The van der Waals surface area contributed by atoms with Crippen molar-refractivity contribution in [1.29, 1.82) is 0 Å². The summed E-state index contributed by atoms with van der Waals surface area (Å²) < 4.78 is 47.3. The summed E-state index contributed by atoms with van der Waals surface area (Å²) in [5.74, 6) is -2.72. The number of hydrogen-bond acceptors (Lipinski definition) is 6. The lowest BCUT2D eigenvalue weighted by molar-refractivity contribution is -0.142. The largest absolute Gasteiger partial charge is 0.487 e. The summed E-state index contributed by atoms with van der Waals surface area (Å²) in [4.78, 5) is 22.8. The number of esters is 1. The molecule has 10 heteroatoms. The topological polar surface area (TPSA) is 86.7 Å². The first-order valence-electron chi connectivity index (χ1n) is 8.73. The van der Waals surface area contributed by atoms with Gasteiger partial charge in [0.2, 0.25) is 0 Å². The highest BCUT2D eigenvalue weighted by Gasteiger charge is 2.20. The van der Waals surface area contributed by atoms with Gasteiger partial charge in [0, 0.05) is 5.02 Å². The van der Waals surface area contributed by atoms with Crippen LogP contribution in [0.15, 0.2) is 36.4 Å². The zero-order valence-corrected chi connectivity index (χ0v) is 18.3. The van der Waals surface area contributed by atoms with Crippen LogP contribution in [0.5, 0.6) is 5.75 Å². The average molecular weight is 477 g/mol. The Morgan fingerprint density at radius 3 is 2.37 bits per heavy atom. The first-order chi connectivity index (χ1) is 14.1. The van der Waals surface area contributed by atoms with Crippen molar-refractivity contribution in [3.05, 3.63) is 63.4 Å². The number of aryl methyl sites for hydroxylation is 1. The van der Waals surface area contributed by atoms with Gasteiger partial charge in [-0.05, 0) is 41.8 Å². The second kappa shape index (κ2) is 10.7. The first-order valence-corrected chi connectivity index (χ1v) is 11.3. The lowest BCUT2D eigenvalue weighted by Crippen LogP contribution is -2.22. The number of carbonyl (C=O) groups is 2. The minimum atomic E-state index is -3.76. The second-order valence-corrected chi connectivity index (χ2v) is 9.42. The summed E-state index contributed by atoms with van der Waals surface area (Å²) in [6.45, 7) is 0.126. The molecule has 0 saturated heterocycles. The van der Waals surface area contributed by atoms with Crippen LogP contribution in [0.25, 0.3) is 0 Å². The Morgan fingerprint density at radius 2 is 1.73 bits per heavy atom. The Bertz CT molecular complexity index is 1020. The Balaban J connectivity index is 2.03. The first kappa shape index (κ1) is 24.1. The van der Waals surface area contributed by atoms with Crippen molar-refractivity contribution in [1.82, 2.24) is 0 Å². The maximum atomic E-state index is 13.0. The molecule has 0 heterocycles. The lowest BCUT2D eigenvalue weighted by Gasteiger charge is -2.12. The van der Waals surface area contributed by atoms with Gasteiger partial charge in [-0.1, -0.05) is 35.3 Å². The summed E-state index contributed by atoms with van der Waals surface area (Å²) in [5.41, 5.74) is 1.19. The van der Waals surface area contributed by atoms with E-state index in [1.807, 2.05) is 0 Å². The molecule has 0 bridgehead atoms. The van der Waals surface area contributed by atoms with E-state index < -0.39 is 33.8 Å². The molecule has 0 aliphatic heterocycles. The molecule has 0 unspecified atom stereocenters. The molecule has 0 saturated carbocycles. The molecule has 162 valence electrons. The number of sulfone groups is 1. The van der Waals surface area contributed by atoms with E-state index >= 15 is 0 Å². The molecule has 0 aliphatic rings. The van der Waals surface area contributed by atoms with Crippen LogP contribution in [0.2, 0.25) is 10.0 Å². The highest BCUT2D eigenvalue weighted by atomic mass is 35.5. The molecule has 2 rings (SSSR count). The summed E-state index contributed by atoms with van der Waals surface area (Å²) in [6.07, 6.45) is -0.574. The monoisotopic (exact) mass is 476 g/mol. The molecule has 2 aromatic carbocycles. The van der Waals surface area contributed by atoms with Crippen LogP contribution >= 0.6 is 23.2 Å². The molecule has 0 aliphatic carbocycles. The van der Waals surface area contributed by atoms with Crippen LogP contribution in [0.1, 0.15) is 17.5 Å². The Kier molecular flexibility index (Phi) is 8.64. The number of carbonyl (C=O) groups excluding carboxylic acids is 2. The standard InChI is InChI=1S/C20H19Cl2FO6S/c1-28-20(25)9-16(24)12-30(26,27)7-6-14-8-19(18(22)10-17(14)21)29-11-13-2-4-15(23)5-3-13/h2-5,8,10H,6-7,9,11-12H2,1H3. The van der Waals surface area contributed by atoms with Gasteiger partial charge in [-0.2, -0.15) is 0 Å². The summed E-state index contributed by atoms with van der Waals surface area (Å²) in [6, 6.07) is 8.71. The molecule has 6 nitrogen and oxygen atoms in total. The zero-order chi connectivity index (χ0) is 22.3. The Labute approximate surface area is 183 Å². The number of ether oxygens (including phenoxy) is 2. The van der Waals surface area contributed by atoms with Crippen molar-refractivity contribution in [2.24, 2.45) is 0 Å². The molecular weight excluding hydrogens is 458 g/mol. The lowest BCUT2D eigenvalue weighted by atomic mass is 10.1. The van der Waals surface area contributed by atoms with Crippen LogP contribution < -0.4 is 4.74 Å². The highest BCUT2D eigenvalue weighted by Crippen LogP contribution is 2.32. The van der Waals surface area contributed by atoms with Gasteiger partial charge >= 0.3 is 5.97 Å². The van der Waals surface area contributed by atoms with Crippen LogP contribution in [-0.2, 0) is 37.2 Å². The van der Waals surface area contributed by atoms with E-state index in [1.165, 1.54) is 24.3 Å². The molecule has 30 heavy (non-hydrogen) atoms. The summed E-state index contributed by atoms with van der Waals surface area (Å²) in [7, 11) is -2.64. The van der Waals surface area contributed by atoms with Crippen molar-refractivity contribution >= 4 is 44.8 Å². The summed E-state index contributed by atoms with van der Waals surface area (Å²) >= 11 is 12.3. The molecule has 0 N–H and O–H groups in total. The van der Waals surface area contributed by atoms with E-state index in [-0.39, 0.29) is 34.6 Å². The molecule has 0 spiro atoms. The van der Waals surface area contributed by atoms with Crippen molar-refractivity contribution in [3.63, 3.8) is 0 Å². The van der Waals surface area contributed by atoms with Crippen molar-refractivity contribution < 1.29 is 31.9 Å². The zero-order valence-electron chi connectivity index (χ0n) is 16.0. The van der Waals surface area contributed by atoms with E-state index in [9.17, 15) is 22.4 Å². The number of halogens is 3. The van der Waals surface area contributed by atoms with E-state index in [4.69, 9.17) is 27.9 Å². The number of rotatable bonds is 10. The molecular formula is C20H19Cl2FO6S. The van der Waals surface area contributed by atoms with Crippen LogP contribution in [0.4, 0.5) is 4.39 Å². The van der Waals surface area contributed by atoms with Crippen molar-refractivity contribution in [2.45, 2.75) is 19.4 Å². The molecule has 0 amide bonds. The van der Waals surface area contributed by atoms with Gasteiger partial charge in [0.25, 0.3) is 0 Å². The van der Waals surface area contributed by atoms with E-state index in [0.29, 0.717) is 11.3 Å². The van der Waals surface area contributed by atoms with Gasteiger partial charge < -0.3 is 9.47 Å². The summed E-state index contributed by atoms with van der Waals surface area (Å²) in [5, 5.41) is 0.493. The van der Waals surface area contributed by atoms with E-state index in [1.54, 1.807) is 12.1 Å². The van der Waals surface area contributed by atoms with Gasteiger partial charge in [-0.3, -0.25) is 9.59 Å². The van der Waals surface area contributed by atoms with Crippen LogP contribution in [0.3, 0.4) is 0 Å². The minimum absolute atomic E-state index is 0.0246. The fourth-order valence-electron chi connectivity index (χ4n) is 2.48. The highest BCUT2D eigenvalue weighted by molar-refractivity contribution is 7.92. The number of hydrogen-bond donors (Lipinski definition) is 0. The third-order valence-electron chi connectivity index (χ3n) is 4.04. The molecule has 0 radical (unpaired) electrons. The molecule has 0 fully saturated rings. The SMILES string of the molecule is COC(=O)CC(=O)CS(=O)(=O)CCc1cc(OCc2ccc(F)cc2)c(Cl)cc1Cl. The minimum Gasteiger partial charge on any atom is -0.487 e. The van der Waals surface area contributed by atoms with Crippen LogP contribution in [-0.4, -0.2) is 38.8 Å². The normalized spacial score (nSPS) is 11.2. The predicted molar refractivity (Wildman–Crippen MR) is 111 cm³/mol. The fourth-order valence-corrected chi connectivity index (χ4v) is 4.28. The van der Waals surface area contributed by atoms with E-state index in [2.05, 4.69) is 4.74 Å². The Hall–Kier alpha value is -2.16.